The molecule has 0 aromatic carbocycles. The van der Waals surface area contributed by atoms with Crippen molar-refractivity contribution in [3.8, 4) is 0 Å². The van der Waals surface area contributed by atoms with Gasteiger partial charge in [-0.15, -0.1) is 0 Å². The van der Waals surface area contributed by atoms with Crippen LogP contribution in [0.3, 0.4) is 0 Å². The fraction of sp³-hybridized carbons (Fsp3) is 0.600. The second-order valence-electron chi connectivity index (χ2n) is 1.62. The van der Waals surface area contributed by atoms with Gasteiger partial charge in [0.15, 0.2) is 0 Å². The van der Waals surface area contributed by atoms with Gasteiger partial charge in [-0.3, -0.25) is 9.59 Å². The molecule has 0 N–H and O–H groups in total. The number of alkyl halides is 3. The first-order chi connectivity index (χ1) is 5.15. The lowest BCUT2D eigenvalue weighted by atomic mass is 10.5. The molecule has 0 fully saturated rings. The summed E-state index contributed by atoms with van der Waals surface area (Å²) in [5.41, 5.74) is 0. The molecule has 72 valence electrons. The fourth-order valence-electron chi connectivity index (χ4n) is 0.158. The molecule has 0 aliphatic heterocycles. The summed E-state index contributed by atoms with van der Waals surface area (Å²) in [7, 11) is 0. The number of halogens is 5. The summed E-state index contributed by atoms with van der Waals surface area (Å²) in [6.45, 7) is 1.29. The number of carbonyl (C=O) groups is 2. The summed E-state index contributed by atoms with van der Waals surface area (Å²) in [6.07, 6.45) is -6.01. The first-order valence-electron chi connectivity index (χ1n) is 2.56. The van der Waals surface area contributed by atoms with Gasteiger partial charge in [-0.2, -0.15) is 13.2 Å². The van der Waals surface area contributed by atoms with Gasteiger partial charge in [0, 0.05) is 6.92 Å². The highest BCUT2D eigenvalue weighted by Crippen LogP contribution is 2.20. The molecule has 0 saturated heterocycles. The Morgan fingerprint density at radius 1 is 1.25 bits per heavy atom. The zero-order valence-electron chi connectivity index (χ0n) is 5.91. The van der Waals surface area contributed by atoms with E-state index in [0.29, 0.717) is 0 Å². The molecule has 0 bridgehead atoms. The monoisotopic (exact) mass is 224 g/mol. The summed E-state index contributed by atoms with van der Waals surface area (Å²) < 4.78 is 33.0. The molecule has 0 aliphatic carbocycles. The molecule has 0 rings (SSSR count). The molecule has 0 aromatic heterocycles. The van der Waals surface area contributed by atoms with Crippen LogP contribution in [-0.2, 0) is 9.59 Å². The molecule has 12 heavy (non-hydrogen) atoms. The van der Waals surface area contributed by atoms with E-state index in [1.807, 2.05) is 0 Å². The Balaban J connectivity index is 0. The van der Waals surface area contributed by atoms with E-state index in [9.17, 15) is 22.8 Å². The number of hydrogen-bond donors (Lipinski definition) is 0. The lowest BCUT2D eigenvalue weighted by molar-refractivity contribution is -0.146. The highest BCUT2D eigenvalue weighted by atomic mass is 35.5. The van der Waals surface area contributed by atoms with Crippen molar-refractivity contribution in [2.24, 2.45) is 0 Å². The standard InChI is InChI=1S/C3H2ClF3O.C2H3ClO/c4-2(8)1-3(5,6)7;1-2(3)4/h1H2;1H3. The van der Waals surface area contributed by atoms with Crippen LogP contribution < -0.4 is 0 Å². The van der Waals surface area contributed by atoms with Gasteiger partial charge >= 0.3 is 6.18 Å². The van der Waals surface area contributed by atoms with Crippen molar-refractivity contribution in [2.75, 3.05) is 0 Å². The molecule has 0 aliphatic rings. The first kappa shape index (κ1) is 14.2. The molecule has 0 aromatic rings. The van der Waals surface area contributed by atoms with Gasteiger partial charge in [-0.05, 0) is 23.2 Å². The molecule has 7 heteroatoms. The maximum absolute atomic E-state index is 11.0. The Kier molecular flexibility index (Phi) is 7.42. The summed E-state index contributed by atoms with van der Waals surface area (Å²) in [4.78, 5) is 18.7. The van der Waals surface area contributed by atoms with E-state index in [-0.39, 0.29) is 5.24 Å². The van der Waals surface area contributed by atoms with Crippen molar-refractivity contribution in [3.63, 3.8) is 0 Å². The molecular formula is C5H5Cl2F3O2. The van der Waals surface area contributed by atoms with Crippen molar-refractivity contribution in [2.45, 2.75) is 19.5 Å². The molecule has 0 radical (unpaired) electrons. The van der Waals surface area contributed by atoms with Crippen LogP contribution in [0.1, 0.15) is 13.3 Å². The minimum absolute atomic E-state index is 0.361. The van der Waals surface area contributed by atoms with Crippen molar-refractivity contribution in [3.05, 3.63) is 0 Å². The second-order valence-corrected chi connectivity index (χ2v) is 2.57. The Hall–Kier alpha value is -0.290. The van der Waals surface area contributed by atoms with Crippen LogP contribution in [0, 0.1) is 0 Å². The number of hydrogen-bond acceptors (Lipinski definition) is 2. The van der Waals surface area contributed by atoms with Crippen molar-refractivity contribution >= 4 is 33.7 Å². The van der Waals surface area contributed by atoms with Crippen LogP contribution in [0.2, 0.25) is 0 Å². The zero-order valence-corrected chi connectivity index (χ0v) is 7.43. The third-order valence-electron chi connectivity index (χ3n) is 0.339. The Bertz CT molecular complexity index is 163. The highest BCUT2D eigenvalue weighted by Gasteiger charge is 2.29. The van der Waals surface area contributed by atoms with Gasteiger partial charge in [-0.1, -0.05) is 0 Å². The molecule has 0 atom stereocenters. The van der Waals surface area contributed by atoms with E-state index in [1.54, 1.807) is 0 Å². The minimum atomic E-state index is -4.46. The largest absolute Gasteiger partial charge is 0.397 e. The third kappa shape index (κ3) is 33.2. The molecule has 0 unspecified atom stereocenters. The summed E-state index contributed by atoms with van der Waals surface area (Å²) in [6, 6.07) is 0. The average Bonchev–Trinajstić information content (AvgIpc) is 1.52. The van der Waals surface area contributed by atoms with Crippen LogP contribution in [0.5, 0.6) is 0 Å². The molecular weight excluding hydrogens is 220 g/mol. The van der Waals surface area contributed by atoms with Gasteiger partial charge in [0.2, 0.25) is 10.5 Å². The van der Waals surface area contributed by atoms with Crippen LogP contribution >= 0.6 is 23.2 Å². The zero-order chi connectivity index (χ0) is 10.4. The quantitative estimate of drug-likeness (QED) is 0.642. The van der Waals surface area contributed by atoms with Gasteiger partial charge < -0.3 is 0 Å². The van der Waals surface area contributed by atoms with E-state index in [2.05, 4.69) is 23.2 Å². The third-order valence-corrected chi connectivity index (χ3v) is 0.473. The van der Waals surface area contributed by atoms with Crippen LogP contribution in [0.4, 0.5) is 13.2 Å². The van der Waals surface area contributed by atoms with Crippen LogP contribution in [0.25, 0.3) is 0 Å². The van der Waals surface area contributed by atoms with Gasteiger partial charge in [-0.25, -0.2) is 0 Å². The van der Waals surface area contributed by atoms with E-state index in [1.165, 1.54) is 6.92 Å². The van der Waals surface area contributed by atoms with Crippen LogP contribution in [0.15, 0.2) is 0 Å². The predicted octanol–water partition coefficient (Wildman–Crippen LogP) is 2.48. The summed E-state index contributed by atoms with van der Waals surface area (Å²) in [5, 5.41) is -1.74. The maximum Gasteiger partial charge on any atom is 0.397 e. The van der Waals surface area contributed by atoms with E-state index >= 15 is 0 Å². The maximum atomic E-state index is 11.0. The summed E-state index contributed by atoms with van der Waals surface area (Å²) in [5.74, 6) is 0. The average molecular weight is 225 g/mol. The van der Waals surface area contributed by atoms with E-state index < -0.39 is 17.8 Å². The number of rotatable bonds is 1. The fourth-order valence-corrected chi connectivity index (χ4v) is 0.309. The molecule has 0 spiro atoms. The highest BCUT2D eigenvalue weighted by molar-refractivity contribution is 6.63. The predicted molar refractivity (Wildman–Crippen MR) is 38.1 cm³/mol. The van der Waals surface area contributed by atoms with Crippen molar-refractivity contribution < 1.29 is 22.8 Å². The molecule has 0 amide bonds. The SMILES string of the molecule is CC(=O)Cl.O=C(Cl)CC(F)(F)F. The Labute approximate surface area is 76.6 Å². The number of carbonyl (C=O) groups excluding carboxylic acids is 2. The normalized spacial score (nSPS) is 9.83. The van der Waals surface area contributed by atoms with Gasteiger partial charge in [0.05, 0.1) is 0 Å². The molecule has 2 nitrogen and oxygen atoms in total. The first-order valence-corrected chi connectivity index (χ1v) is 3.32. The topological polar surface area (TPSA) is 34.1 Å². The minimum Gasteiger partial charge on any atom is -0.282 e. The smallest absolute Gasteiger partial charge is 0.282 e. The van der Waals surface area contributed by atoms with Gasteiger partial charge in [0.1, 0.15) is 6.42 Å². The second kappa shape index (κ2) is 6.25. The Morgan fingerprint density at radius 2 is 1.50 bits per heavy atom. The molecule has 0 saturated carbocycles. The van der Waals surface area contributed by atoms with Crippen molar-refractivity contribution in [1.29, 1.82) is 0 Å². The van der Waals surface area contributed by atoms with E-state index in [4.69, 9.17) is 0 Å². The Morgan fingerprint density at radius 3 is 1.50 bits per heavy atom. The lowest BCUT2D eigenvalue weighted by Crippen LogP contribution is -2.10. The molecule has 0 heterocycles. The van der Waals surface area contributed by atoms with Crippen molar-refractivity contribution in [1.82, 2.24) is 0 Å². The van der Waals surface area contributed by atoms with Crippen LogP contribution in [-0.4, -0.2) is 16.7 Å². The van der Waals surface area contributed by atoms with Gasteiger partial charge in [0.25, 0.3) is 0 Å². The lowest BCUT2D eigenvalue weighted by Gasteiger charge is -1.98. The van der Waals surface area contributed by atoms with E-state index in [0.717, 1.165) is 0 Å². The summed E-state index contributed by atoms with van der Waals surface area (Å²) >= 11 is 9.04.